The lowest BCUT2D eigenvalue weighted by atomic mass is 10.1. The fourth-order valence-corrected chi connectivity index (χ4v) is 3.62. The number of anilines is 1. The van der Waals surface area contributed by atoms with Crippen molar-refractivity contribution in [3.63, 3.8) is 0 Å². The summed E-state index contributed by atoms with van der Waals surface area (Å²) in [6.07, 6.45) is 0. The van der Waals surface area contributed by atoms with Crippen molar-refractivity contribution >= 4 is 35.2 Å². The molecule has 1 atom stereocenters. The van der Waals surface area contributed by atoms with Crippen molar-refractivity contribution in [1.29, 1.82) is 5.26 Å². The van der Waals surface area contributed by atoms with Gasteiger partial charge >= 0.3 is 0 Å². The van der Waals surface area contributed by atoms with Crippen molar-refractivity contribution in [1.82, 2.24) is 4.90 Å². The van der Waals surface area contributed by atoms with Gasteiger partial charge in [-0.3, -0.25) is 19.3 Å². The SMILES string of the molecule is CC(C#N)CSc1ccccc1NC(=O)CN1C(=O)c2ccccc2C1=O. The lowest BCUT2D eigenvalue weighted by Crippen LogP contribution is -2.37. The Kier molecular flexibility index (Phi) is 5.57. The topological polar surface area (TPSA) is 90.3 Å². The molecule has 0 saturated heterocycles. The summed E-state index contributed by atoms with van der Waals surface area (Å²) in [4.78, 5) is 38.9. The summed E-state index contributed by atoms with van der Waals surface area (Å²) in [5.74, 6) is -0.891. The Labute approximate surface area is 161 Å². The van der Waals surface area contributed by atoms with Crippen molar-refractivity contribution in [2.45, 2.75) is 11.8 Å². The van der Waals surface area contributed by atoms with E-state index >= 15 is 0 Å². The molecule has 2 aromatic rings. The van der Waals surface area contributed by atoms with Crippen LogP contribution in [0.2, 0.25) is 0 Å². The van der Waals surface area contributed by atoms with Gasteiger partial charge in [-0.1, -0.05) is 24.3 Å². The summed E-state index contributed by atoms with van der Waals surface area (Å²) >= 11 is 1.47. The number of imide groups is 1. The molecule has 1 heterocycles. The second-order valence-corrected chi connectivity index (χ2v) is 7.19. The number of hydrogen-bond donors (Lipinski definition) is 1. The largest absolute Gasteiger partial charge is 0.324 e. The summed E-state index contributed by atoms with van der Waals surface area (Å²) in [6.45, 7) is 1.48. The maximum absolute atomic E-state index is 12.4. The molecule has 0 aromatic heterocycles. The number of nitrogens with zero attached hydrogens (tertiary/aromatic N) is 2. The highest BCUT2D eigenvalue weighted by Crippen LogP contribution is 2.29. The number of hydrogen-bond acceptors (Lipinski definition) is 5. The average Bonchev–Trinajstić information content (AvgIpc) is 2.92. The Hall–Kier alpha value is -3.11. The van der Waals surface area contributed by atoms with Gasteiger partial charge < -0.3 is 5.32 Å². The monoisotopic (exact) mass is 379 g/mol. The molecule has 136 valence electrons. The van der Waals surface area contributed by atoms with Crippen molar-refractivity contribution < 1.29 is 14.4 Å². The number of carbonyl (C=O) groups excluding carboxylic acids is 3. The van der Waals surface area contributed by atoms with Crippen LogP contribution < -0.4 is 5.32 Å². The Morgan fingerprint density at radius 3 is 2.33 bits per heavy atom. The lowest BCUT2D eigenvalue weighted by Gasteiger charge is -2.15. The van der Waals surface area contributed by atoms with Crippen LogP contribution in [0.1, 0.15) is 27.6 Å². The van der Waals surface area contributed by atoms with Gasteiger partial charge in [-0.2, -0.15) is 5.26 Å². The van der Waals surface area contributed by atoms with Gasteiger partial charge in [0, 0.05) is 10.6 Å². The Bertz CT molecular complexity index is 916. The van der Waals surface area contributed by atoms with Crippen LogP contribution in [0, 0.1) is 17.2 Å². The van der Waals surface area contributed by atoms with Gasteiger partial charge in [0.1, 0.15) is 6.54 Å². The van der Waals surface area contributed by atoms with Crippen LogP contribution in [0.3, 0.4) is 0 Å². The third kappa shape index (κ3) is 4.01. The number of rotatable bonds is 6. The quantitative estimate of drug-likeness (QED) is 0.615. The molecule has 3 rings (SSSR count). The maximum Gasteiger partial charge on any atom is 0.262 e. The van der Waals surface area contributed by atoms with Crippen LogP contribution in [0.5, 0.6) is 0 Å². The maximum atomic E-state index is 12.4. The van der Waals surface area contributed by atoms with Crippen molar-refractivity contribution in [2.24, 2.45) is 5.92 Å². The fourth-order valence-electron chi connectivity index (χ4n) is 2.66. The van der Waals surface area contributed by atoms with Gasteiger partial charge in [-0.05, 0) is 31.2 Å². The number of carbonyl (C=O) groups is 3. The van der Waals surface area contributed by atoms with E-state index in [1.54, 1.807) is 36.4 Å². The van der Waals surface area contributed by atoms with E-state index in [-0.39, 0.29) is 12.5 Å². The molecule has 0 aliphatic carbocycles. The normalized spacial score (nSPS) is 13.9. The third-order valence-electron chi connectivity index (χ3n) is 4.05. The van der Waals surface area contributed by atoms with Gasteiger partial charge in [-0.25, -0.2) is 0 Å². The molecule has 1 unspecified atom stereocenters. The first kappa shape index (κ1) is 18.7. The molecule has 1 aliphatic rings. The van der Waals surface area contributed by atoms with Gasteiger partial charge in [0.05, 0.1) is 28.8 Å². The minimum Gasteiger partial charge on any atom is -0.324 e. The molecule has 2 aromatic carbocycles. The van der Waals surface area contributed by atoms with E-state index in [2.05, 4.69) is 11.4 Å². The molecule has 27 heavy (non-hydrogen) atoms. The highest BCUT2D eigenvalue weighted by atomic mass is 32.2. The van der Waals surface area contributed by atoms with E-state index < -0.39 is 17.7 Å². The van der Waals surface area contributed by atoms with Crippen molar-refractivity contribution in [3.8, 4) is 6.07 Å². The molecule has 1 N–H and O–H groups in total. The Morgan fingerprint density at radius 2 is 1.70 bits per heavy atom. The van der Waals surface area contributed by atoms with Crippen molar-refractivity contribution in [2.75, 3.05) is 17.6 Å². The molecule has 1 aliphatic heterocycles. The van der Waals surface area contributed by atoms with Crippen molar-refractivity contribution in [3.05, 3.63) is 59.7 Å². The molecule has 6 nitrogen and oxygen atoms in total. The number of amides is 3. The smallest absolute Gasteiger partial charge is 0.262 e. The zero-order valence-corrected chi connectivity index (χ0v) is 15.5. The molecule has 0 radical (unpaired) electrons. The molecule has 0 fully saturated rings. The predicted molar refractivity (Wildman–Crippen MR) is 102 cm³/mol. The highest BCUT2D eigenvalue weighted by molar-refractivity contribution is 7.99. The standard InChI is InChI=1S/C20H17N3O3S/c1-13(10-21)12-27-17-9-5-4-8-16(17)22-18(24)11-23-19(25)14-6-2-3-7-15(14)20(23)26/h2-9,13H,11-12H2,1H3,(H,22,24). The summed E-state index contributed by atoms with van der Waals surface area (Å²) in [5, 5.41) is 11.7. The minimum absolute atomic E-state index is 0.114. The molecule has 0 bridgehead atoms. The van der Waals surface area contributed by atoms with Crippen LogP contribution in [-0.2, 0) is 4.79 Å². The van der Waals surface area contributed by atoms with Crippen LogP contribution in [0.15, 0.2) is 53.4 Å². The van der Waals surface area contributed by atoms with Gasteiger partial charge in [0.2, 0.25) is 5.91 Å². The summed E-state index contributed by atoms with van der Waals surface area (Å²) in [7, 11) is 0. The second kappa shape index (κ2) is 8.06. The first-order chi connectivity index (χ1) is 13.0. The molecule has 0 spiro atoms. The number of benzene rings is 2. The fraction of sp³-hybridized carbons (Fsp3) is 0.200. The van der Waals surface area contributed by atoms with E-state index in [0.29, 0.717) is 22.6 Å². The van der Waals surface area contributed by atoms with E-state index in [1.807, 2.05) is 19.1 Å². The average molecular weight is 379 g/mol. The summed E-state index contributed by atoms with van der Waals surface area (Å²) in [6, 6.07) is 15.9. The zero-order valence-electron chi connectivity index (χ0n) is 14.6. The molecular formula is C20H17N3O3S. The second-order valence-electron chi connectivity index (χ2n) is 6.13. The molecule has 7 heteroatoms. The highest BCUT2D eigenvalue weighted by Gasteiger charge is 2.36. The van der Waals surface area contributed by atoms with Gasteiger partial charge in [0.25, 0.3) is 11.8 Å². The van der Waals surface area contributed by atoms with Gasteiger partial charge in [-0.15, -0.1) is 11.8 Å². The minimum atomic E-state index is -0.462. The van der Waals surface area contributed by atoms with Gasteiger partial charge in [0.15, 0.2) is 0 Å². The lowest BCUT2D eigenvalue weighted by molar-refractivity contribution is -0.116. The van der Waals surface area contributed by atoms with E-state index in [9.17, 15) is 14.4 Å². The number of fused-ring (bicyclic) bond motifs is 1. The first-order valence-electron chi connectivity index (χ1n) is 8.37. The van der Waals surface area contributed by atoms with Crippen LogP contribution in [-0.4, -0.2) is 34.9 Å². The zero-order chi connectivity index (χ0) is 19.4. The summed E-state index contributed by atoms with van der Waals surface area (Å²) < 4.78 is 0. The number of para-hydroxylation sites is 1. The third-order valence-corrected chi connectivity index (χ3v) is 5.38. The van der Waals surface area contributed by atoms with Crippen LogP contribution >= 0.6 is 11.8 Å². The van der Waals surface area contributed by atoms with E-state index in [4.69, 9.17) is 5.26 Å². The first-order valence-corrected chi connectivity index (χ1v) is 9.36. The van der Waals surface area contributed by atoms with E-state index in [1.165, 1.54) is 11.8 Å². The molecule has 0 saturated carbocycles. The number of nitrogens with one attached hydrogen (secondary N) is 1. The predicted octanol–water partition coefficient (Wildman–Crippen LogP) is 3.17. The molecule has 3 amide bonds. The molecular weight excluding hydrogens is 362 g/mol. The Balaban J connectivity index is 1.68. The van der Waals surface area contributed by atoms with Crippen LogP contribution in [0.4, 0.5) is 5.69 Å². The number of thioether (sulfide) groups is 1. The van der Waals surface area contributed by atoms with E-state index in [0.717, 1.165) is 9.80 Å². The van der Waals surface area contributed by atoms with Crippen LogP contribution in [0.25, 0.3) is 0 Å². The number of nitriles is 1. The summed E-state index contributed by atoms with van der Waals surface area (Å²) in [5.41, 5.74) is 1.22. The Morgan fingerprint density at radius 1 is 1.11 bits per heavy atom.